The van der Waals surface area contributed by atoms with Crippen LogP contribution in [0.15, 0.2) is 17.0 Å². The van der Waals surface area contributed by atoms with Crippen molar-refractivity contribution in [1.29, 1.82) is 5.26 Å². The van der Waals surface area contributed by atoms with E-state index in [0.717, 1.165) is 10.2 Å². The minimum absolute atomic E-state index is 0.416. The van der Waals surface area contributed by atoms with Crippen LogP contribution in [0, 0.1) is 11.3 Å². The highest BCUT2D eigenvalue weighted by molar-refractivity contribution is 9.10. The summed E-state index contributed by atoms with van der Waals surface area (Å²) in [7, 11) is 0. The first-order valence-corrected chi connectivity index (χ1v) is 5.03. The van der Waals surface area contributed by atoms with Gasteiger partial charge in [0.2, 0.25) is 0 Å². The van der Waals surface area contributed by atoms with Crippen molar-refractivity contribution in [2.45, 2.75) is 11.8 Å². The lowest BCUT2D eigenvalue weighted by atomic mass is 9.85. The first-order valence-electron chi connectivity index (χ1n) is 4.23. The molecule has 2 rings (SSSR count). The second-order valence-corrected chi connectivity index (χ2v) is 4.07. The number of aromatic nitrogens is 2. The molecule has 0 saturated carbocycles. The first kappa shape index (κ1) is 9.56. The number of ether oxygens (including phenoxy) is 1. The van der Waals surface area contributed by atoms with Gasteiger partial charge in [0, 0.05) is 12.8 Å². The summed E-state index contributed by atoms with van der Waals surface area (Å²) in [5.41, 5.74) is 0.134. The number of rotatable bonds is 1. The van der Waals surface area contributed by atoms with Gasteiger partial charge in [0.05, 0.1) is 22.8 Å². The predicted octanol–water partition coefficient (Wildman–Crippen LogP) is 1.42. The molecule has 0 spiro atoms. The number of nitriles is 1. The Hall–Kier alpha value is -0.990. The van der Waals surface area contributed by atoms with Crippen molar-refractivity contribution in [3.63, 3.8) is 0 Å². The van der Waals surface area contributed by atoms with Crippen LogP contribution < -0.4 is 0 Å². The molecular weight excluding hydrogens is 246 g/mol. The molecule has 0 amide bonds. The van der Waals surface area contributed by atoms with Gasteiger partial charge in [-0.1, -0.05) is 0 Å². The van der Waals surface area contributed by atoms with Gasteiger partial charge in [0.1, 0.15) is 11.7 Å². The molecule has 1 fully saturated rings. The van der Waals surface area contributed by atoms with E-state index < -0.39 is 5.41 Å². The summed E-state index contributed by atoms with van der Waals surface area (Å²) in [4.78, 5) is 8.02. The fraction of sp³-hybridized carbons (Fsp3) is 0.444. The van der Waals surface area contributed by atoms with Crippen molar-refractivity contribution in [2.24, 2.45) is 0 Å². The maximum absolute atomic E-state index is 9.18. The Morgan fingerprint density at radius 3 is 3.07 bits per heavy atom. The molecule has 4 nitrogen and oxygen atoms in total. The molecule has 72 valence electrons. The predicted molar refractivity (Wildman–Crippen MR) is 52.5 cm³/mol. The summed E-state index contributed by atoms with van der Waals surface area (Å²) in [6, 6.07) is 2.29. The molecule has 1 saturated heterocycles. The average Bonchev–Trinajstić information content (AvgIpc) is 2.68. The molecule has 0 N–H and O–H groups in total. The molecular formula is C9H8BrN3O. The largest absolute Gasteiger partial charge is 0.379 e. The van der Waals surface area contributed by atoms with Crippen molar-refractivity contribution in [3.05, 3.63) is 22.7 Å². The van der Waals surface area contributed by atoms with Crippen molar-refractivity contribution in [3.8, 4) is 6.07 Å². The zero-order chi connectivity index (χ0) is 10.0. The summed E-state index contributed by atoms with van der Waals surface area (Å²) >= 11 is 3.35. The molecule has 14 heavy (non-hydrogen) atoms. The summed E-state index contributed by atoms with van der Waals surface area (Å²) in [5, 5.41) is 9.18. The van der Waals surface area contributed by atoms with Crippen LogP contribution in [-0.4, -0.2) is 23.2 Å². The highest BCUT2D eigenvalue weighted by Crippen LogP contribution is 2.34. The molecule has 1 unspecified atom stereocenters. The lowest BCUT2D eigenvalue weighted by molar-refractivity contribution is 0.185. The Kier molecular flexibility index (Phi) is 2.48. The second kappa shape index (κ2) is 3.64. The number of hydrogen-bond donors (Lipinski definition) is 0. The monoisotopic (exact) mass is 253 g/mol. The fourth-order valence-corrected chi connectivity index (χ4v) is 2.16. The molecule has 1 aliphatic rings. The van der Waals surface area contributed by atoms with E-state index in [2.05, 4.69) is 32.0 Å². The van der Waals surface area contributed by atoms with Crippen LogP contribution in [-0.2, 0) is 10.2 Å². The quantitative estimate of drug-likeness (QED) is 0.760. The highest BCUT2D eigenvalue weighted by atomic mass is 79.9. The number of hydrogen-bond acceptors (Lipinski definition) is 4. The Balaban J connectivity index is 2.47. The average molecular weight is 254 g/mol. The standard InChI is InChI=1S/C9H8BrN3O/c10-7-3-12-6-13-8(7)9(4-11)1-2-14-5-9/h3,6H,1-2,5H2. The van der Waals surface area contributed by atoms with Gasteiger partial charge < -0.3 is 4.74 Å². The Labute approximate surface area is 90.1 Å². The minimum atomic E-state index is -0.595. The van der Waals surface area contributed by atoms with E-state index in [1.54, 1.807) is 6.20 Å². The molecule has 1 aromatic rings. The van der Waals surface area contributed by atoms with Gasteiger partial charge >= 0.3 is 0 Å². The van der Waals surface area contributed by atoms with Gasteiger partial charge in [0.15, 0.2) is 0 Å². The van der Waals surface area contributed by atoms with Gasteiger partial charge in [-0.05, 0) is 22.4 Å². The van der Waals surface area contributed by atoms with Crippen molar-refractivity contribution in [1.82, 2.24) is 9.97 Å². The maximum atomic E-state index is 9.18. The maximum Gasteiger partial charge on any atom is 0.126 e. The smallest absolute Gasteiger partial charge is 0.126 e. The Bertz CT molecular complexity index is 382. The van der Waals surface area contributed by atoms with E-state index in [4.69, 9.17) is 4.74 Å². The Morgan fingerprint density at radius 2 is 2.50 bits per heavy atom. The topological polar surface area (TPSA) is 58.8 Å². The van der Waals surface area contributed by atoms with Crippen LogP contribution in [0.5, 0.6) is 0 Å². The Morgan fingerprint density at radius 1 is 1.64 bits per heavy atom. The van der Waals surface area contributed by atoms with E-state index in [0.29, 0.717) is 19.6 Å². The van der Waals surface area contributed by atoms with Gasteiger partial charge in [-0.3, -0.25) is 0 Å². The van der Waals surface area contributed by atoms with E-state index in [1.165, 1.54) is 6.33 Å². The summed E-state index contributed by atoms with van der Waals surface area (Å²) in [6.07, 6.45) is 3.80. The lowest BCUT2D eigenvalue weighted by Crippen LogP contribution is -2.26. The molecule has 2 heterocycles. The van der Waals surface area contributed by atoms with Gasteiger partial charge in [0.25, 0.3) is 0 Å². The van der Waals surface area contributed by atoms with Crippen LogP contribution in [0.1, 0.15) is 12.1 Å². The summed E-state index contributed by atoms with van der Waals surface area (Å²) in [6.45, 7) is 1.03. The molecule has 0 radical (unpaired) electrons. The highest BCUT2D eigenvalue weighted by Gasteiger charge is 2.39. The molecule has 1 atom stereocenters. The molecule has 0 aromatic carbocycles. The third-order valence-electron chi connectivity index (χ3n) is 2.36. The van der Waals surface area contributed by atoms with Crippen molar-refractivity contribution >= 4 is 15.9 Å². The van der Waals surface area contributed by atoms with Crippen LogP contribution in [0.3, 0.4) is 0 Å². The summed E-state index contributed by atoms with van der Waals surface area (Å²) < 4.78 is 6.03. The molecule has 0 aliphatic carbocycles. The van der Waals surface area contributed by atoms with E-state index in [1.807, 2.05) is 0 Å². The van der Waals surface area contributed by atoms with Crippen LogP contribution in [0.4, 0.5) is 0 Å². The van der Waals surface area contributed by atoms with E-state index in [-0.39, 0.29) is 0 Å². The summed E-state index contributed by atoms with van der Waals surface area (Å²) in [5.74, 6) is 0. The van der Waals surface area contributed by atoms with E-state index >= 15 is 0 Å². The van der Waals surface area contributed by atoms with Gasteiger partial charge in [-0.25, -0.2) is 9.97 Å². The molecule has 5 heteroatoms. The van der Waals surface area contributed by atoms with E-state index in [9.17, 15) is 5.26 Å². The molecule has 1 aromatic heterocycles. The first-order chi connectivity index (χ1) is 6.78. The number of halogens is 1. The zero-order valence-corrected chi connectivity index (χ0v) is 8.99. The normalized spacial score (nSPS) is 26.0. The molecule has 0 bridgehead atoms. The van der Waals surface area contributed by atoms with Crippen LogP contribution in [0.25, 0.3) is 0 Å². The van der Waals surface area contributed by atoms with Crippen LogP contribution >= 0.6 is 15.9 Å². The SMILES string of the molecule is N#CC1(c2ncncc2Br)CCOC1. The second-order valence-electron chi connectivity index (χ2n) is 3.22. The van der Waals surface area contributed by atoms with Gasteiger partial charge in [-0.2, -0.15) is 5.26 Å². The third kappa shape index (κ3) is 1.41. The fourth-order valence-electron chi connectivity index (χ4n) is 1.56. The number of nitrogens with zero attached hydrogens (tertiary/aromatic N) is 3. The van der Waals surface area contributed by atoms with Crippen molar-refractivity contribution in [2.75, 3.05) is 13.2 Å². The molecule has 1 aliphatic heterocycles. The van der Waals surface area contributed by atoms with Crippen LogP contribution in [0.2, 0.25) is 0 Å². The lowest BCUT2D eigenvalue weighted by Gasteiger charge is -2.18. The van der Waals surface area contributed by atoms with Crippen molar-refractivity contribution < 1.29 is 4.74 Å². The third-order valence-corrected chi connectivity index (χ3v) is 2.94. The van der Waals surface area contributed by atoms with Gasteiger partial charge in [-0.15, -0.1) is 0 Å². The minimum Gasteiger partial charge on any atom is -0.379 e. The zero-order valence-electron chi connectivity index (χ0n) is 7.40.